The Labute approximate surface area is 212 Å². The van der Waals surface area contributed by atoms with Gasteiger partial charge in [-0.25, -0.2) is 0 Å². The van der Waals surface area contributed by atoms with Crippen molar-refractivity contribution < 1.29 is 24.1 Å². The molecule has 0 saturated heterocycles. The van der Waals surface area contributed by atoms with Gasteiger partial charge in [-0.2, -0.15) is 0 Å². The van der Waals surface area contributed by atoms with E-state index >= 15 is 0 Å². The van der Waals surface area contributed by atoms with Gasteiger partial charge in [-0.3, -0.25) is 4.79 Å². The summed E-state index contributed by atoms with van der Waals surface area (Å²) in [6, 6.07) is 24.2. The number of likely N-dealkylation sites (N-methyl/N-ethyl adjacent to an activating group) is 1. The standard InChI is InChI=1S/C29H34N2O5/c1-31(2)18-20-35-25-15-11-24(12-16-25)30-29(33)28(23-9-13-26(14-10-23)36-21-34-3)27(17-19-32)22-7-5-4-6-8-22/h4-16,32H,17-21H2,1-3H3,(H,30,33)/b28-27-. The molecule has 0 aliphatic heterocycles. The maximum absolute atomic E-state index is 13.7. The SMILES string of the molecule is COCOc1ccc(/C(C(=O)Nc2ccc(OCCN(C)C)cc2)=C(\CCO)c2ccccc2)cc1. The minimum atomic E-state index is -0.269. The van der Waals surface area contributed by atoms with Crippen molar-refractivity contribution in [2.75, 3.05) is 53.1 Å². The van der Waals surface area contributed by atoms with Crippen molar-refractivity contribution in [2.24, 2.45) is 0 Å². The number of anilines is 1. The van der Waals surface area contributed by atoms with Crippen LogP contribution in [0.2, 0.25) is 0 Å². The molecule has 0 heterocycles. The first-order valence-electron chi connectivity index (χ1n) is 11.8. The Morgan fingerprint density at radius 3 is 2.11 bits per heavy atom. The summed E-state index contributed by atoms with van der Waals surface area (Å²) in [5.41, 5.74) is 3.48. The molecule has 0 aliphatic rings. The number of amides is 1. The molecule has 0 fully saturated rings. The summed E-state index contributed by atoms with van der Waals surface area (Å²) in [6.45, 7) is 1.44. The summed E-state index contributed by atoms with van der Waals surface area (Å²) >= 11 is 0. The second-order valence-electron chi connectivity index (χ2n) is 8.40. The fourth-order valence-electron chi connectivity index (χ4n) is 3.63. The molecule has 3 aromatic rings. The van der Waals surface area contributed by atoms with Crippen LogP contribution in [-0.4, -0.2) is 63.7 Å². The third-order valence-corrected chi connectivity index (χ3v) is 5.42. The van der Waals surface area contributed by atoms with Crippen LogP contribution < -0.4 is 14.8 Å². The molecule has 0 unspecified atom stereocenters. The van der Waals surface area contributed by atoms with E-state index in [1.54, 1.807) is 19.2 Å². The second kappa shape index (κ2) is 14.0. The van der Waals surface area contributed by atoms with Crippen LogP contribution in [0.1, 0.15) is 17.5 Å². The van der Waals surface area contributed by atoms with E-state index in [1.165, 1.54) is 0 Å². The van der Waals surface area contributed by atoms with Crippen LogP contribution >= 0.6 is 0 Å². The molecule has 3 aromatic carbocycles. The first-order chi connectivity index (χ1) is 17.5. The predicted molar refractivity (Wildman–Crippen MR) is 143 cm³/mol. The molecule has 3 rings (SSSR count). The molecule has 1 amide bonds. The number of carbonyl (C=O) groups excluding carboxylic acids is 1. The number of methoxy groups -OCH3 is 1. The Hall–Kier alpha value is -3.65. The van der Waals surface area contributed by atoms with Crippen LogP contribution in [0.15, 0.2) is 78.9 Å². The zero-order chi connectivity index (χ0) is 25.8. The monoisotopic (exact) mass is 490 g/mol. The lowest BCUT2D eigenvalue weighted by molar-refractivity contribution is -0.111. The first-order valence-corrected chi connectivity index (χ1v) is 11.8. The van der Waals surface area contributed by atoms with Crippen molar-refractivity contribution in [3.8, 4) is 11.5 Å². The highest BCUT2D eigenvalue weighted by atomic mass is 16.7. The number of hydrogen-bond acceptors (Lipinski definition) is 6. The summed E-state index contributed by atoms with van der Waals surface area (Å²) in [7, 11) is 5.55. The van der Waals surface area contributed by atoms with Crippen molar-refractivity contribution in [1.82, 2.24) is 4.90 Å². The number of carbonyl (C=O) groups is 1. The quantitative estimate of drug-likeness (QED) is 0.208. The molecule has 0 spiro atoms. The number of aliphatic hydroxyl groups is 1. The Morgan fingerprint density at radius 2 is 1.50 bits per heavy atom. The highest BCUT2D eigenvalue weighted by Gasteiger charge is 2.19. The number of nitrogens with zero attached hydrogens (tertiary/aromatic N) is 1. The lowest BCUT2D eigenvalue weighted by atomic mass is 9.92. The Bertz CT molecular complexity index is 1110. The zero-order valence-corrected chi connectivity index (χ0v) is 21.1. The van der Waals surface area contributed by atoms with Gasteiger partial charge in [-0.1, -0.05) is 42.5 Å². The van der Waals surface area contributed by atoms with E-state index < -0.39 is 0 Å². The maximum atomic E-state index is 13.7. The lowest BCUT2D eigenvalue weighted by Crippen LogP contribution is -2.19. The average Bonchev–Trinajstić information content (AvgIpc) is 2.89. The first kappa shape index (κ1) is 26.9. The van der Waals surface area contributed by atoms with E-state index in [4.69, 9.17) is 14.2 Å². The maximum Gasteiger partial charge on any atom is 0.256 e. The van der Waals surface area contributed by atoms with Gasteiger partial charge < -0.3 is 29.5 Å². The molecule has 190 valence electrons. The molecule has 0 bridgehead atoms. The van der Waals surface area contributed by atoms with E-state index in [0.29, 0.717) is 35.6 Å². The second-order valence-corrected chi connectivity index (χ2v) is 8.40. The number of ether oxygens (including phenoxy) is 3. The molecule has 7 nitrogen and oxygen atoms in total. The lowest BCUT2D eigenvalue weighted by Gasteiger charge is -2.17. The van der Waals surface area contributed by atoms with Crippen molar-refractivity contribution in [3.05, 3.63) is 90.0 Å². The van der Waals surface area contributed by atoms with E-state index in [-0.39, 0.29) is 19.3 Å². The van der Waals surface area contributed by atoms with Gasteiger partial charge in [-0.15, -0.1) is 0 Å². The van der Waals surface area contributed by atoms with Gasteiger partial charge in [0.25, 0.3) is 5.91 Å². The molecular weight excluding hydrogens is 456 g/mol. The van der Waals surface area contributed by atoms with E-state index in [9.17, 15) is 9.90 Å². The van der Waals surface area contributed by atoms with Gasteiger partial charge >= 0.3 is 0 Å². The van der Waals surface area contributed by atoms with Crippen LogP contribution in [-0.2, 0) is 9.53 Å². The number of nitrogens with one attached hydrogen (secondary N) is 1. The fourth-order valence-corrected chi connectivity index (χ4v) is 3.63. The number of benzene rings is 3. The van der Waals surface area contributed by atoms with Crippen LogP contribution in [0.3, 0.4) is 0 Å². The van der Waals surface area contributed by atoms with Gasteiger partial charge in [-0.05, 0) is 73.6 Å². The van der Waals surface area contributed by atoms with Crippen LogP contribution in [0.4, 0.5) is 5.69 Å². The third-order valence-electron chi connectivity index (χ3n) is 5.42. The summed E-state index contributed by atoms with van der Waals surface area (Å²) in [4.78, 5) is 15.7. The molecule has 0 aliphatic carbocycles. The normalized spacial score (nSPS) is 11.7. The Kier molecular flexibility index (Phi) is 10.5. The van der Waals surface area contributed by atoms with Crippen LogP contribution in [0, 0.1) is 0 Å². The van der Waals surface area contributed by atoms with Crippen molar-refractivity contribution in [3.63, 3.8) is 0 Å². The number of aliphatic hydroxyl groups excluding tert-OH is 1. The van der Waals surface area contributed by atoms with E-state index in [1.807, 2.05) is 80.8 Å². The van der Waals surface area contributed by atoms with Gasteiger partial charge in [0.05, 0.1) is 5.57 Å². The number of rotatable bonds is 13. The molecule has 7 heteroatoms. The predicted octanol–water partition coefficient (Wildman–Crippen LogP) is 4.54. The highest BCUT2D eigenvalue weighted by molar-refractivity contribution is 6.31. The topological polar surface area (TPSA) is 80.3 Å². The summed E-state index contributed by atoms with van der Waals surface area (Å²) in [5, 5.41) is 12.8. The van der Waals surface area contributed by atoms with Crippen LogP contribution in [0.5, 0.6) is 11.5 Å². The largest absolute Gasteiger partial charge is 0.492 e. The van der Waals surface area contributed by atoms with Gasteiger partial charge in [0, 0.05) is 25.9 Å². The van der Waals surface area contributed by atoms with Crippen LogP contribution in [0.25, 0.3) is 11.1 Å². The van der Waals surface area contributed by atoms with E-state index in [2.05, 4.69) is 10.2 Å². The molecule has 0 saturated carbocycles. The molecule has 2 N–H and O–H groups in total. The number of hydrogen-bond donors (Lipinski definition) is 2. The average molecular weight is 491 g/mol. The summed E-state index contributed by atoms with van der Waals surface area (Å²) in [6.07, 6.45) is 0.327. The van der Waals surface area contributed by atoms with Crippen molar-refractivity contribution in [2.45, 2.75) is 6.42 Å². The van der Waals surface area contributed by atoms with E-state index in [0.717, 1.165) is 23.4 Å². The molecule has 0 aromatic heterocycles. The zero-order valence-electron chi connectivity index (χ0n) is 21.1. The van der Waals surface area contributed by atoms with Gasteiger partial charge in [0.2, 0.25) is 0 Å². The van der Waals surface area contributed by atoms with Gasteiger partial charge in [0.1, 0.15) is 18.1 Å². The Morgan fingerprint density at radius 1 is 0.861 bits per heavy atom. The minimum Gasteiger partial charge on any atom is -0.492 e. The molecule has 36 heavy (non-hydrogen) atoms. The highest BCUT2D eigenvalue weighted by Crippen LogP contribution is 2.31. The molecule has 0 radical (unpaired) electrons. The fraction of sp³-hybridized carbons (Fsp3) is 0.276. The Balaban J connectivity index is 1.91. The van der Waals surface area contributed by atoms with Crippen molar-refractivity contribution in [1.29, 1.82) is 0 Å². The summed E-state index contributed by atoms with van der Waals surface area (Å²) in [5.74, 6) is 1.10. The third kappa shape index (κ3) is 7.95. The van der Waals surface area contributed by atoms with Gasteiger partial charge in [0.15, 0.2) is 6.79 Å². The molecular formula is C29H34N2O5. The summed E-state index contributed by atoms with van der Waals surface area (Å²) < 4.78 is 16.2. The smallest absolute Gasteiger partial charge is 0.256 e. The molecule has 0 atom stereocenters. The van der Waals surface area contributed by atoms with Crippen molar-refractivity contribution >= 4 is 22.7 Å². The minimum absolute atomic E-state index is 0.0883.